The smallest absolute Gasteiger partial charge is 0.316 e. The van der Waals surface area contributed by atoms with E-state index in [1.54, 1.807) is 24.3 Å². The second-order valence-electron chi connectivity index (χ2n) is 7.55. The Hall–Kier alpha value is -2.80. The van der Waals surface area contributed by atoms with Crippen LogP contribution in [0.2, 0.25) is 0 Å². The highest BCUT2D eigenvalue weighted by molar-refractivity contribution is 8.00. The summed E-state index contributed by atoms with van der Waals surface area (Å²) < 4.78 is 4.85. The van der Waals surface area contributed by atoms with Crippen molar-refractivity contribution < 1.29 is 19.1 Å². The normalized spacial score (nSPS) is 18.2. The number of amides is 2. The molecule has 7 heteroatoms. The molecule has 156 valence electrons. The lowest BCUT2D eigenvalue weighted by atomic mass is 10.0. The molecule has 1 unspecified atom stereocenters. The number of carbonyl (C=O) groups is 3. The third-order valence-electron chi connectivity index (χ3n) is 5.61. The summed E-state index contributed by atoms with van der Waals surface area (Å²) in [6.07, 6.45) is 5.10. The molecular formula is C23H24N2O4S. The zero-order valence-electron chi connectivity index (χ0n) is 16.8. The number of para-hydroxylation sites is 1. The molecule has 2 aromatic carbocycles. The van der Waals surface area contributed by atoms with Crippen molar-refractivity contribution in [1.29, 1.82) is 0 Å². The molecule has 1 atom stereocenters. The average molecular weight is 425 g/mol. The van der Waals surface area contributed by atoms with Gasteiger partial charge >= 0.3 is 17.8 Å². The van der Waals surface area contributed by atoms with E-state index in [-0.39, 0.29) is 6.54 Å². The van der Waals surface area contributed by atoms with Crippen molar-refractivity contribution >= 4 is 40.9 Å². The summed E-state index contributed by atoms with van der Waals surface area (Å²) in [7, 11) is 1.32. The fraction of sp³-hybridized carbons (Fsp3) is 0.348. The lowest BCUT2D eigenvalue weighted by Crippen LogP contribution is -2.39. The molecule has 0 aromatic heterocycles. The molecule has 0 radical (unpaired) electrons. The molecule has 6 nitrogen and oxygen atoms in total. The molecule has 1 saturated carbocycles. The van der Waals surface area contributed by atoms with Crippen molar-refractivity contribution in [2.45, 2.75) is 41.7 Å². The summed E-state index contributed by atoms with van der Waals surface area (Å²) in [5.41, 5.74) is 1.83. The highest BCUT2D eigenvalue weighted by atomic mass is 32.2. The fourth-order valence-electron chi connectivity index (χ4n) is 4.07. The topological polar surface area (TPSA) is 75.7 Å². The number of hydrogen-bond donors (Lipinski definition) is 1. The van der Waals surface area contributed by atoms with Gasteiger partial charge < -0.3 is 15.0 Å². The molecule has 2 amide bonds. The minimum Gasteiger partial charge on any atom is -0.468 e. The van der Waals surface area contributed by atoms with Crippen LogP contribution in [0.1, 0.15) is 37.2 Å². The predicted molar refractivity (Wildman–Crippen MR) is 117 cm³/mol. The summed E-state index contributed by atoms with van der Waals surface area (Å²) in [4.78, 5) is 40.0. The number of hydrogen-bond acceptors (Lipinski definition) is 5. The Labute approximate surface area is 180 Å². The molecule has 1 fully saturated rings. The molecule has 1 aliphatic carbocycles. The van der Waals surface area contributed by atoms with E-state index in [0.717, 1.165) is 0 Å². The van der Waals surface area contributed by atoms with Gasteiger partial charge in [0.1, 0.15) is 5.92 Å². The minimum atomic E-state index is -0.730. The number of benzene rings is 2. The second-order valence-corrected chi connectivity index (χ2v) is 8.93. The SMILES string of the molecule is COC(=O)C1CN(C(=O)C(=O)Nc2ccc(SC3CCCC3)cc2)c2ccccc21. The number of thioether (sulfide) groups is 1. The Morgan fingerprint density at radius 3 is 2.43 bits per heavy atom. The first kappa shape index (κ1) is 20.5. The van der Waals surface area contributed by atoms with Crippen molar-refractivity contribution in [3.8, 4) is 0 Å². The molecule has 1 N–H and O–H groups in total. The van der Waals surface area contributed by atoms with E-state index >= 15 is 0 Å². The van der Waals surface area contributed by atoms with Gasteiger partial charge in [0.25, 0.3) is 0 Å². The van der Waals surface area contributed by atoms with E-state index in [2.05, 4.69) is 5.32 Å². The van der Waals surface area contributed by atoms with Crippen LogP contribution >= 0.6 is 11.8 Å². The van der Waals surface area contributed by atoms with Crippen LogP contribution in [0.25, 0.3) is 0 Å². The summed E-state index contributed by atoms with van der Waals surface area (Å²) >= 11 is 1.87. The molecule has 0 bridgehead atoms. The van der Waals surface area contributed by atoms with Crippen LogP contribution in [0, 0.1) is 0 Å². The molecule has 1 aliphatic heterocycles. The highest BCUT2D eigenvalue weighted by Crippen LogP contribution is 2.37. The average Bonchev–Trinajstić information content (AvgIpc) is 3.42. The third kappa shape index (κ3) is 4.21. The molecule has 0 saturated heterocycles. The zero-order valence-corrected chi connectivity index (χ0v) is 17.6. The Bertz CT molecular complexity index is 954. The Morgan fingerprint density at radius 2 is 1.73 bits per heavy atom. The molecule has 2 aliphatic rings. The number of anilines is 2. The van der Waals surface area contributed by atoms with Gasteiger partial charge in [0.15, 0.2) is 0 Å². The number of carbonyl (C=O) groups excluding carboxylic acids is 3. The number of methoxy groups -OCH3 is 1. The van der Waals surface area contributed by atoms with Crippen molar-refractivity contribution in [2.24, 2.45) is 0 Å². The van der Waals surface area contributed by atoms with E-state index in [0.29, 0.717) is 22.2 Å². The quantitative estimate of drug-likeness (QED) is 0.594. The van der Waals surface area contributed by atoms with Gasteiger partial charge in [-0.2, -0.15) is 0 Å². The third-order valence-corrected chi connectivity index (χ3v) is 6.96. The maximum Gasteiger partial charge on any atom is 0.316 e. The Balaban J connectivity index is 1.42. The van der Waals surface area contributed by atoms with Crippen LogP contribution in [-0.2, 0) is 19.1 Å². The molecule has 1 heterocycles. The van der Waals surface area contributed by atoms with E-state index in [9.17, 15) is 14.4 Å². The van der Waals surface area contributed by atoms with Crippen LogP contribution in [-0.4, -0.2) is 36.7 Å². The van der Waals surface area contributed by atoms with Gasteiger partial charge in [-0.25, -0.2) is 0 Å². The van der Waals surface area contributed by atoms with Crippen LogP contribution in [0.3, 0.4) is 0 Å². The molecule has 30 heavy (non-hydrogen) atoms. The van der Waals surface area contributed by atoms with Crippen molar-refractivity contribution in [2.75, 3.05) is 23.9 Å². The predicted octanol–water partition coefficient (Wildman–Crippen LogP) is 3.96. The largest absolute Gasteiger partial charge is 0.468 e. The van der Waals surface area contributed by atoms with Gasteiger partial charge in [0, 0.05) is 28.1 Å². The first-order valence-corrected chi connectivity index (χ1v) is 11.0. The summed E-state index contributed by atoms with van der Waals surface area (Å²) in [6, 6.07) is 14.7. The van der Waals surface area contributed by atoms with E-state index in [1.165, 1.54) is 42.6 Å². The van der Waals surface area contributed by atoms with Crippen molar-refractivity contribution in [3.63, 3.8) is 0 Å². The number of esters is 1. The lowest BCUT2D eigenvalue weighted by Gasteiger charge is -2.17. The van der Waals surface area contributed by atoms with Crippen molar-refractivity contribution in [1.82, 2.24) is 0 Å². The minimum absolute atomic E-state index is 0.0925. The summed E-state index contributed by atoms with van der Waals surface area (Å²) in [6.45, 7) is 0.0925. The fourth-order valence-corrected chi connectivity index (χ4v) is 5.31. The Morgan fingerprint density at radius 1 is 1.03 bits per heavy atom. The maximum atomic E-state index is 12.8. The van der Waals surface area contributed by atoms with Gasteiger partial charge in [-0.05, 0) is 48.7 Å². The van der Waals surface area contributed by atoms with Gasteiger partial charge in [-0.3, -0.25) is 14.4 Å². The van der Waals surface area contributed by atoms with Crippen LogP contribution in [0.5, 0.6) is 0 Å². The van der Waals surface area contributed by atoms with Gasteiger partial charge in [-0.15, -0.1) is 11.8 Å². The summed E-state index contributed by atoms with van der Waals surface area (Å²) in [5, 5.41) is 3.34. The number of fused-ring (bicyclic) bond motifs is 1. The van der Waals surface area contributed by atoms with Crippen molar-refractivity contribution in [3.05, 3.63) is 54.1 Å². The van der Waals surface area contributed by atoms with Crippen LogP contribution in [0.4, 0.5) is 11.4 Å². The number of ether oxygens (including phenoxy) is 1. The van der Waals surface area contributed by atoms with E-state index < -0.39 is 23.7 Å². The molecule has 0 spiro atoms. The first-order valence-electron chi connectivity index (χ1n) is 10.1. The maximum absolute atomic E-state index is 12.8. The van der Waals surface area contributed by atoms with Crippen LogP contribution < -0.4 is 10.2 Å². The number of rotatable bonds is 4. The monoisotopic (exact) mass is 424 g/mol. The lowest BCUT2D eigenvalue weighted by molar-refractivity contribution is -0.142. The highest BCUT2D eigenvalue weighted by Gasteiger charge is 2.39. The van der Waals surface area contributed by atoms with Gasteiger partial charge in [-0.1, -0.05) is 31.0 Å². The van der Waals surface area contributed by atoms with E-state index in [1.807, 2.05) is 36.0 Å². The zero-order chi connectivity index (χ0) is 21.1. The number of nitrogens with one attached hydrogen (secondary N) is 1. The van der Waals surface area contributed by atoms with Gasteiger partial charge in [0.05, 0.1) is 7.11 Å². The Kier molecular flexibility index (Phi) is 6.08. The second kappa shape index (κ2) is 8.92. The summed E-state index contributed by atoms with van der Waals surface area (Å²) in [5.74, 6) is -2.44. The molecular weight excluding hydrogens is 400 g/mol. The van der Waals surface area contributed by atoms with Gasteiger partial charge in [0.2, 0.25) is 0 Å². The van der Waals surface area contributed by atoms with Crippen LogP contribution in [0.15, 0.2) is 53.4 Å². The van der Waals surface area contributed by atoms with E-state index in [4.69, 9.17) is 4.74 Å². The molecule has 2 aromatic rings. The standard InChI is InChI=1S/C23H24N2O4S/c1-29-23(28)19-14-25(20-9-5-4-8-18(19)20)22(27)21(26)24-15-10-12-17(13-11-15)30-16-6-2-3-7-16/h4-5,8-13,16,19H,2-3,6-7,14H2,1H3,(H,24,26). The first-order chi connectivity index (χ1) is 14.6. The number of nitrogens with zero attached hydrogens (tertiary/aromatic N) is 1. The molecule has 4 rings (SSSR count).